The Morgan fingerprint density at radius 1 is 1.45 bits per heavy atom. The lowest BCUT2D eigenvalue weighted by molar-refractivity contribution is 0.144. The van der Waals surface area contributed by atoms with Crippen LogP contribution in [0.2, 0.25) is 0 Å². The fourth-order valence-electron chi connectivity index (χ4n) is 2.26. The van der Waals surface area contributed by atoms with Crippen LogP contribution in [-0.2, 0) is 6.42 Å². The van der Waals surface area contributed by atoms with Crippen LogP contribution in [0.1, 0.15) is 51.8 Å². The van der Waals surface area contributed by atoms with Crippen molar-refractivity contribution in [3.05, 3.63) is 5.82 Å². The van der Waals surface area contributed by atoms with Crippen LogP contribution in [-0.4, -0.2) is 38.4 Å². The van der Waals surface area contributed by atoms with Gasteiger partial charge in [0.1, 0.15) is 5.82 Å². The number of rotatable bonds is 10. The predicted molar refractivity (Wildman–Crippen MR) is 85.5 cm³/mol. The van der Waals surface area contributed by atoms with Crippen molar-refractivity contribution in [3.8, 4) is 0 Å². The van der Waals surface area contributed by atoms with Crippen LogP contribution in [0.5, 0.6) is 0 Å². The second kappa shape index (κ2) is 7.73. The predicted octanol–water partition coefficient (Wildman–Crippen LogP) is 2.87. The maximum absolute atomic E-state index is 9.72. The van der Waals surface area contributed by atoms with Crippen LogP contribution in [0, 0.1) is 0 Å². The highest BCUT2D eigenvalue weighted by molar-refractivity contribution is 8.00. The number of nitrogens with one attached hydrogen (secondary N) is 1. The zero-order chi connectivity index (χ0) is 14.4. The molecular formula is C14H25N3OS2. The van der Waals surface area contributed by atoms with Gasteiger partial charge in [-0.05, 0) is 43.6 Å². The molecule has 0 aliphatic heterocycles. The molecular weight excluding hydrogens is 290 g/mol. The van der Waals surface area contributed by atoms with Crippen LogP contribution in [0.15, 0.2) is 4.34 Å². The molecule has 20 heavy (non-hydrogen) atoms. The summed E-state index contributed by atoms with van der Waals surface area (Å²) in [4.78, 5) is 4.47. The number of aromatic nitrogens is 2. The minimum absolute atomic E-state index is 0.0720. The zero-order valence-corrected chi connectivity index (χ0v) is 14.0. The van der Waals surface area contributed by atoms with Crippen LogP contribution in [0.3, 0.4) is 0 Å². The van der Waals surface area contributed by atoms with Gasteiger partial charge in [-0.15, -0.1) is 0 Å². The zero-order valence-electron chi connectivity index (χ0n) is 12.4. The molecule has 1 fully saturated rings. The summed E-state index contributed by atoms with van der Waals surface area (Å²) in [7, 11) is 0. The second-order valence-electron chi connectivity index (χ2n) is 5.49. The molecule has 1 atom stereocenters. The molecule has 0 radical (unpaired) electrons. The van der Waals surface area contributed by atoms with Crippen molar-refractivity contribution in [2.75, 3.05) is 12.4 Å². The molecule has 0 aromatic carbocycles. The van der Waals surface area contributed by atoms with Gasteiger partial charge in [-0.3, -0.25) is 0 Å². The Kier molecular flexibility index (Phi) is 6.26. The molecule has 1 unspecified atom stereocenters. The van der Waals surface area contributed by atoms with Crippen LogP contribution < -0.4 is 5.32 Å². The summed E-state index contributed by atoms with van der Waals surface area (Å²) in [6, 6.07) is 0.644. The van der Waals surface area contributed by atoms with Crippen LogP contribution >= 0.6 is 23.3 Å². The average molecular weight is 316 g/mol. The van der Waals surface area contributed by atoms with E-state index < -0.39 is 0 Å². The third-order valence-corrected chi connectivity index (χ3v) is 5.82. The van der Waals surface area contributed by atoms with Crippen LogP contribution in [0.25, 0.3) is 0 Å². The molecule has 1 aromatic heterocycles. The van der Waals surface area contributed by atoms with E-state index in [0.717, 1.165) is 41.6 Å². The highest BCUT2D eigenvalue weighted by atomic mass is 32.2. The Morgan fingerprint density at radius 2 is 2.25 bits per heavy atom. The average Bonchev–Trinajstić information content (AvgIpc) is 3.17. The second-order valence-corrected chi connectivity index (χ2v) is 7.59. The van der Waals surface area contributed by atoms with E-state index in [-0.39, 0.29) is 12.1 Å². The van der Waals surface area contributed by atoms with Crippen molar-refractivity contribution in [2.45, 2.75) is 68.3 Å². The van der Waals surface area contributed by atoms with E-state index in [0.29, 0.717) is 6.04 Å². The summed E-state index contributed by atoms with van der Waals surface area (Å²) in [5, 5.41) is 13.3. The van der Waals surface area contributed by atoms with E-state index in [1.807, 2.05) is 0 Å². The molecule has 6 heteroatoms. The van der Waals surface area contributed by atoms with Crippen molar-refractivity contribution in [1.82, 2.24) is 14.7 Å². The van der Waals surface area contributed by atoms with E-state index >= 15 is 0 Å². The van der Waals surface area contributed by atoms with Gasteiger partial charge in [-0.25, -0.2) is 4.98 Å². The molecule has 2 rings (SSSR count). The minimum Gasteiger partial charge on any atom is -0.394 e. The summed E-state index contributed by atoms with van der Waals surface area (Å²) in [5.41, 5.74) is -0.0720. The summed E-state index contributed by atoms with van der Waals surface area (Å²) in [5.74, 6) is 2.00. The molecule has 1 aromatic rings. The largest absolute Gasteiger partial charge is 0.394 e. The molecule has 4 nitrogen and oxygen atoms in total. The molecule has 1 heterocycles. The first-order chi connectivity index (χ1) is 9.71. The normalized spacial score (nSPS) is 18.1. The molecule has 0 spiro atoms. The number of nitrogens with zero attached hydrogens (tertiary/aromatic N) is 2. The summed E-state index contributed by atoms with van der Waals surface area (Å²) in [6.45, 7) is 4.48. The Morgan fingerprint density at radius 3 is 2.80 bits per heavy atom. The molecule has 0 amide bonds. The molecule has 1 aliphatic carbocycles. The van der Waals surface area contributed by atoms with E-state index in [1.54, 1.807) is 11.8 Å². The molecule has 0 saturated heterocycles. The van der Waals surface area contributed by atoms with E-state index in [1.165, 1.54) is 24.4 Å². The monoisotopic (exact) mass is 315 g/mol. The number of aliphatic hydroxyl groups excluding tert-OH is 1. The van der Waals surface area contributed by atoms with Gasteiger partial charge in [0.25, 0.3) is 0 Å². The number of aryl methyl sites for hydroxylation is 1. The smallest absolute Gasteiger partial charge is 0.170 e. The van der Waals surface area contributed by atoms with Crippen molar-refractivity contribution in [3.63, 3.8) is 0 Å². The number of hydrogen-bond donors (Lipinski definition) is 2. The van der Waals surface area contributed by atoms with Gasteiger partial charge in [0.15, 0.2) is 4.34 Å². The maximum atomic E-state index is 9.72. The first kappa shape index (κ1) is 16.2. The SMILES string of the molecule is CCc1nsc(SCCCC(CC)(CO)NC2CC2)n1. The quantitative estimate of drug-likeness (QED) is 0.513. The van der Waals surface area contributed by atoms with Crippen molar-refractivity contribution >= 4 is 23.3 Å². The Balaban J connectivity index is 1.72. The van der Waals surface area contributed by atoms with Crippen molar-refractivity contribution in [2.24, 2.45) is 0 Å². The fourth-order valence-corrected chi connectivity index (χ4v) is 3.96. The van der Waals surface area contributed by atoms with E-state index in [9.17, 15) is 5.11 Å². The van der Waals surface area contributed by atoms with Gasteiger partial charge >= 0.3 is 0 Å². The highest BCUT2D eigenvalue weighted by Gasteiger charge is 2.33. The maximum Gasteiger partial charge on any atom is 0.170 e. The standard InChI is InChI=1S/C14H25N3OS2/c1-3-12-15-13(20-17-12)19-9-5-8-14(4-2,10-18)16-11-6-7-11/h11,16,18H,3-10H2,1-2H3. The van der Waals surface area contributed by atoms with E-state index in [2.05, 4.69) is 28.5 Å². The number of thioether (sulfide) groups is 1. The molecule has 114 valence electrons. The lowest BCUT2D eigenvalue weighted by atomic mass is 9.91. The summed E-state index contributed by atoms with van der Waals surface area (Å²) < 4.78 is 5.37. The summed E-state index contributed by atoms with van der Waals surface area (Å²) in [6.07, 6.45) is 6.56. The topological polar surface area (TPSA) is 58.0 Å². The highest BCUT2D eigenvalue weighted by Crippen LogP contribution is 2.28. The first-order valence-corrected chi connectivity index (χ1v) is 9.31. The van der Waals surface area contributed by atoms with Gasteiger partial charge in [-0.1, -0.05) is 25.6 Å². The van der Waals surface area contributed by atoms with Gasteiger partial charge in [0, 0.05) is 23.8 Å². The third kappa shape index (κ3) is 4.69. The van der Waals surface area contributed by atoms with Gasteiger partial charge in [0.2, 0.25) is 0 Å². The number of aliphatic hydroxyl groups is 1. The Labute approximate surface area is 129 Å². The summed E-state index contributed by atoms with van der Waals surface area (Å²) >= 11 is 3.29. The third-order valence-electron chi connectivity index (χ3n) is 3.86. The number of hydrogen-bond acceptors (Lipinski definition) is 6. The van der Waals surface area contributed by atoms with Crippen molar-refractivity contribution < 1.29 is 5.11 Å². The van der Waals surface area contributed by atoms with Gasteiger partial charge in [0.05, 0.1) is 6.61 Å². The molecule has 2 N–H and O–H groups in total. The van der Waals surface area contributed by atoms with Gasteiger partial charge in [-0.2, -0.15) is 4.37 Å². The lowest BCUT2D eigenvalue weighted by Crippen LogP contribution is -2.49. The fraction of sp³-hybridized carbons (Fsp3) is 0.857. The Bertz CT molecular complexity index is 403. The molecule has 1 saturated carbocycles. The van der Waals surface area contributed by atoms with Crippen LogP contribution in [0.4, 0.5) is 0 Å². The molecule has 0 bridgehead atoms. The van der Waals surface area contributed by atoms with E-state index in [4.69, 9.17) is 0 Å². The first-order valence-electron chi connectivity index (χ1n) is 7.55. The molecule has 1 aliphatic rings. The van der Waals surface area contributed by atoms with Crippen molar-refractivity contribution in [1.29, 1.82) is 0 Å². The Hall–Kier alpha value is -0.170. The minimum atomic E-state index is -0.0720. The lowest BCUT2D eigenvalue weighted by Gasteiger charge is -2.32. The van der Waals surface area contributed by atoms with Gasteiger partial charge < -0.3 is 10.4 Å².